The van der Waals surface area contributed by atoms with Crippen molar-refractivity contribution in [3.05, 3.63) is 29.6 Å². The lowest BCUT2D eigenvalue weighted by atomic mass is 10.1. The Bertz CT molecular complexity index is 927. The second-order valence-electron chi connectivity index (χ2n) is 4.37. The van der Waals surface area contributed by atoms with Crippen molar-refractivity contribution in [2.24, 2.45) is 0 Å². The molecule has 3 rings (SSSR count). The molecule has 0 radical (unpaired) electrons. The molecule has 8 heteroatoms. The number of hydrogen-bond acceptors (Lipinski definition) is 5. The molecule has 2 aromatic heterocycles. The number of fused-ring (bicyclic) bond motifs is 3. The van der Waals surface area contributed by atoms with Crippen LogP contribution in [0.15, 0.2) is 18.2 Å². The summed E-state index contributed by atoms with van der Waals surface area (Å²) in [4.78, 5) is 28.2. The summed E-state index contributed by atoms with van der Waals surface area (Å²) < 4.78 is 0. The molecule has 0 aliphatic carbocycles. The van der Waals surface area contributed by atoms with Gasteiger partial charge in [0.05, 0.1) is 5.52 Å². The number of H-pyrrole nitrogens is 1. The van der Waals surface area contributed by atoms with E-state index in [0.29, 0.717) is 5.39 Å². The third kappa shape index (κ3) is 1.73. The van der Waals surface area contributed by atoms with Crippen molar-refractivity contribution in [3.63, 3.8) is 0 Å². The maximum Gasteiger partial charge on any atom is 0.354 e. The van der Waals surface area contributed by atoms with Crippen LogP contribution in [0.25, 0.3) is 21.8 Å². The second-order valence-corrected chi connectivity index (χ2v) is 4.37. The Hall–Kier alpha value is -3.29. The van der Waals surface area contributed by atoms with E-state index in [1.165, 1.54) is 18.2 Å². The third-order valence-corrected chi connectivity index (χ3v) is 3.14. The average molecular weight is 288 g/mol. The predicted octanol–water partition coefficient (Wildman–Crippen LogP) is 1.52. The molecule has 0 unspecified atom stereocenters. The number of benzene rings is 1. The average Bonchev–Trinajstić information content (AvgIpc) is 2.89. The first-order valence-corrected chi connectivity index (χ1v) is 5.74. The van der Waals surface area contributed by atoms with Crippen LogP contribution < -0.4 is 0 Å². The van der Waals surface area contributed by atoms with E-state index < -0.39 is 23.4 Å². The van der Waals surface area contributed by atoms with Crippen LogP contribution in [0.1, 0.15) is 21.0 Å². The number of pyridine rings is 1. The van der Waals surface area contributed by atoms with Gasteiger partial charge in [0.1, 0.15) is 16.9 Å². The van der Waals surface area contributed by atoms with Crippen LogP contribution >= 0.6 is 0 Å². The molecule has 0 fully saturated rings. The van der Waals surface area contributed by atoms with Crippen molar-refractivity contribution in [1.82, 2.24) is 9.97 Å². The van der Waals surface area contributed by atoms with Crippen LogP contribution in [-0.4, -0.2) is 42.3 Å². The van der Waals surface area contributed by atoms with E-state index in [0.717, 1.165) is 0 Å². The Morgan fingerprint density at radius 2 is 1.71 bits per heavy atom. The molecule has 0 aliphatic heterocycles. The molecule has 8 nitrogen and oxygen atoms in total. The van der Waals surface area contributed by atoms with Crippen LogP contribution in [0.2, 0.25) is 0 Å². The Kier molecular flexibility index (Phi) is 2.49. The number of nitrogens with zero attached hydrogens (tertiary/aromatic N) is 1. The number of carbonyl (C=O) groups is 2. The summed E-state index contributed by atoms with van der Waals surface area (Å²) in [7, 11) is 0. The van der Waals surface area contributed by atoms with Gasteiger partial charge in [-0.1, -0.05) is 0 Å². The van der Waals surface area contributed by atoms with E-state index in [4.69, 9.17) is 10.2 Å². The molecule has 0 saturated carbocycles. The van der Waals surface area contributed by atoms with Crippen molar-refractivity contribution in [1.29, 1.82) is 0 Å². The molecule has 2 heterocycles. The lowest BCUT2D eigenvalue weighted by Crippen LogP contribution is -2.00. The molecular weight excluding hydrogens is 280 g/mol. The first-order valence-electron chi connectivity index (χ1n) is 5.74. The summed E-state index contributed by atoms with van der Waals surface area (Å²) in [5.74, 6) is -3.67. The first-order chi connectivity index (χ1) is 9.90. The molecule has 106 valence electrons. The number of aromatic hydroxyl groups is 2. The van der Waals surface area contributed by atoms with Gasteiger partial charge in [-0.2, -0.15) is 0 Å². The zero-order valence-corrected chi connectivity index (χ0v) is 10.3. The number of hydrogen-bond donors (Lipinski definition) is 5. The lowest BCUT2D eigenvalue weighted by Gasteiger charge is -2.06. The van der Waals surface area contributed by atoms with E-state index in [9.17, 15) is 19.8 Å². The molecule has 0 spiro atoms. The Morgan fingerprint density at radius 1 is 1.00 bits per heavy atom. The van der Waals surface area contributed by atoms with Crippen molar-refractivity contribution in [2.45, 2.75) is 0 Å². The minimum Gasteiger partial charge on any atom is -0.504 e. The predicted molar refractivity (Wildman–Crippen MR) is 70.8 cm³/mol. The molecule has 1 aromatic carbocycles. The number of rotatable bonds is 2. The van der Waals surface area contributed by atoms with Crippen LogP contribution in [0.4, 0.5) is 0 Å². The summed E-state index contributed by atoms with van der Waals surface area (Å²) in [5.41, 5.74) is -0.350. The number of nitrogens with one attached hydrogen (secondary N) is 1. The van der Waals surface area contributed by atoms with Crippen molar-refractivity contribution >= 4 is 33.7 Å². The third-order valence-electron chi connectivity index (χ3n) is 3.14. The highest BCUT2D eigenvalue weighted by Crippen LogP contribution is 2.41. The van der Waals surface area contributed by atoms with E-state index in [2.05, 4.69) is 9.97 Å². The zero-order chi connectivity index (χ0) is 15.3. The van der Waals surface area contributed by atoms with Gasteiger partial charge in [-0.25, -0.2) is 14.6 Å². The first kappa shape index (κ1) is 12.7. The van der Waals surface area contributed by atoms with Gasteiger partial charge in [0, 0.05) is 10.8 Å². The zero-order valence-electron chi connectivity index (χ0n) is 10.3. The van der Waals surface area contributed by atoms with Crippen LogP contribution in [0.5, 0.6) is 11.5 Å². The molecule has 0 aliphatic rings. The van der Waals surface area contributed by atoms with Gasteiger partial charge in [0.2, 0.25) is 0 Å². The fourth-order valence-corrected chi connectivity index (χ4v) is 2.17. The summed E-state index contributed by atoms with van der Waals surface area (Å²) in [6, 6.07) is 3.79. The molecule has 21 heavy (non-hydrogen) atoms. The van der Waals surface area contributed by atoms with Gasteiger partial charge in [0.15, 0.2) is 11.5 Å². The monoisotopic (exact) mass is 288 g/mol. The fraction of sp³-hybridized carbons (Fsp3) is 0. The summed E-state index contributed by atoms with van der Waals surface area (Å²) in [6.45, 7) is 0. The van der Waals surface area contributed by atoms with Crippen molar-refractivity contribution in [3.8, 4) is 11.5 Å². The van der Waals surface area contributed by atoms with Gasteiger partial charge < -0.3 is 25.4 Å². The number of phenols is 2. The molecule has 0 atom stereocenters. The summed E-state index contributed by atoms with van der Waals surface area (Å²) in [5, 5.41) is 38.2. The SMILES string of the molecule is O=C(O)c1ccc2c(n1)c(O)c(O)c1cc(C(=O)O)[nH]c12. The van der Waals surface area contributed by atoms with E-state index in [1.807, 2.05) is 0 Å². The number of carboxylic acids is 2. The number of aromatic carboxylic acids is 2. The number of aromatic nitrogens is 2. The van der Waals surface area contributed by atoms with Gasteiger partial charge >= 0.3 is 11.9 Å². The molecule has 0 saturated heterocycles. The second kappa shape index (κ2) is 4.10. The maximum absolute atomic E-state index is 11.0. The van der Waals surface area contributed by atoms with Crippen LogP contribution in [0, 0.1) is 0 Å². The van der Waals surface area contributed by atoms with Crippen LogP contribution in [0.3, 0.4) is 0 Å². The highest BCUT2D eigenvalue weighted by molar-refractivity contribution is 6.13. The summed E-state index contributed by atoms with van der Waals surface area (Å²) >= 11 is 0. The van der Waals surface area contributed by atoms with Crippen molar-refractivity contribution in [2.75, 3.05) is 0 Å². The Labute approximate surface area is 115 Å². The van der Waals surface area contributed by atoms with Crippen molar-refractivity contribution < 1.29 is 30.0 Å². The highest BCUT2D eigenvalue weighted by atomic mass is 16.4. The minimum absolute atomic E-state index is 0.113. The van der Waals surface area contributed by atoms with Crippen LogP contribution in [-0.2, 0) is 0 Å². The normalized spacial score (nSPS) is 11.0. The highest BCUT2D eigenvalue weighted by Gasteiger charge is 2.19. The molecule has 5 N–H and O–H groups in total. The number of aromatic amines is 1. The van der Waals surface area contributed by atoms with E-state index >= 15 is 0 Å². The number of phenolic OH excluding ortho intramolecular Hbond substituents is 2. The smallest absolute Gasteiger partial charge is 0.354 e. The Morgan fingerprint density at radius 3 is 2.33 bits per heavy atom. The molecular formula is C13H8N2O6. The quantitative estimate of drug-likeness (QED) is 0.449. The topological polar surface area (TPSA) is 144 Å². The minimum atomic E-state index is -1.28. The molecule has 0 amide bonds. The fourth-order valence-electron chi connectivity index (χ4n) is 2.17. The molecule has 0 bridgehead atoms. The summed E-state index contributed by atoms with van der Waals surface area (Å²) in [6.07, 6.45) is 0. The largest absolute Gasteiger partial charge is 0.504 e. The lowest BCUT2D eigenvalue weighted by molar-refractivity contribution is 0.0680. The van der Waals surface area contributed by atoms with Gasteiger partial charge in [-0.05, 0) is 18.2 Å². The van der Waals surface area contributed by atoms with E-state index in [1.54, 1.807) is 0 Å². The van der Waals surface area contributed by atoms with Gasteiger partial charge in [-0.15, -0.1) is 0 Å². The molecule has 3 aromatic rings. The van der Waals surface area contributed by atoms with Gasteiger partial charge in [0.25, 0.3) is 0 Å². The van der Waals surface area contributed by atoms with E-state index in [-0.39, 0.29) is 27.8 Å². The number of carboxylic acid groups (broad SMARTS) is 2. The maximum atomic E-state index is 11.0. The standard InChI is InChI=1S/C13H8N2O6/c16-10-5-3-7(13(20)21)15-8(5)4-1-2-6(12(18)19)14-9(4)11(10)17/h1-3,15-17H,(H,18,19)(H,20,21). The van der Waals surface area contributed by atoms with Gasteiger partial charge in [-0.3, -0.25) is 0 Å². The Balaban J connectivity index is 2.48.